The Hall–Kier alpha value is -1.15. The van der Waals surface area contributed by atoms with E-state index in [-0.39, 0.29) is 35.6 Å². The number of nitro groups is 1. The zero-order chi connectivity index (χ0) is 20.2. The van der Waals surface area contributed by atoms with Crippen LogP contribution in [0.1, 0.15) is 5.56 Å². The monoisotopic (exact) mass is 421 g/mol. The Labute approximate surface area is 171 Å². The Morgan fingerprint density at radius 1 is 1.14 bits per heavy atom. The number of hydrogen-bond acceptors (Lipinski definition) is 11. The van der Waals surface area contributed by atoms with Crippen LogP contribution in [0.25, 0.3) is 0 Å². The van der Waals surface area contributed by atoms with Crippen molar-refractivity contribution >= 4 is 15.8 Å². The molecule has 0 amide bonds. The summed E-state index contributed by atoms with van der Waals surface area (Å²) < 4.78 is 34.8. The van der Waals surface area contributed by atoms with Gasteiger partial charge in [0.2, 0.25) is 0 Å². The van der Waals surface area contributed by atoms with Gasteiger partial charge in [-0.1, -0.05) is 6.07 Å². The van der Waals surface area contributed by atoms with E-state index in [4.69, 9.17) is 30.1 Å². The Bertz CT molecular complexity index is 740. The summed E-state index contributed by atoms with van der Waals surface area (Å²) in [5.41, 5.74) is -0.110. The molecule has 13 nitrogen and oxygen atoms in total. The molecule has 1 aliphatic rings. The molecule has 0 aromatic heterocycles. The van der Waals surface area contributed by atoms with Gasteiger partial charge in [0.05, 0.1) is 11.5 Å². The number of ether oxygens (including phenoxy) is 1. The summed E-state index contributed by atoms with van der Waals surface area (Å²) in [6.45, 7) is 0.912. The van der Waals surface area contributed by atoms with Crippen LogP contribution in [-0.2, 0) is 14.9 Å². The second-order valence-corrected chi connectivity index (χ2v) is 6.79. The number of benzene rings is 1. The Kier molecular flexibility index (Phi) is 12.2. The number of aliphatic hydroxyl groups excluding tert-OH is 5. The van der Waals surface area contributed by atoms with Crippen LogP contribution in [0.4, 0.5) is 5.69 Å². The van der Waals surface area contributed by atoms with Gasteiger partial charge in [0.15, 0.2) is 6.29 Å². The van der Waals surface area contributed by atoms with Crippen molar-refractivity contribution in [3.8, 4) is 0 Å². The number of nitro benzene ring substituents is 1. The molecule has 7 N–H and O–H groups in total. The Morgan fingerprint density at radius 3 is 2.11 bits per heavy atom. The first-order valence-electron chi connectivity index (χ1n) is 7.11. The summed E-state index contributed by atoms with van der Waals surface area (Å²) in [6, 6.07) is 3.26. The standard InChI is InChI=1S/C7H7NO5S.C6H12O6.Li.H2O/c1-5-2-3-6(8(9)10)4-7(5)14(11,12)13;7-1-2-3(8)4(9)5(10)6(11)12-2;;/h2-4H,1H3,(H,11,12,13);2-11H,1H2;;1H2/q;;+1;/p-1/t;2-,3-,4+,5-,6?;;/m.1../s1. The van der Waals surface area contributed by atoms with E-state index in [9.17, 15) is 18.5 Å². The van der Waals surface area contributed by atoms with Gasteiger partial charge in [-0.15, -0.1) is 0 Å². The molecule has 156 valence electrons. The van der Waals surface area contributed by atoms with Crippen molar-refractivity contribution in [3.05, 3.63) is 33.9 Å². The van der Waals surface area contributed by atoms with Crippen molar-refractivity contribution in [2.75, 3.05) is 6.61 Å². The second kappa shape index (κ2) is 11.8. The fourth-order valence-corrected chi connectivity index (χ4v) is 2.81. The molecule has 1 aromatic rings. The van der Waals surface area contributed by atoms with E-state index in [1.807, 2.05) is 0 Å². The molecule has 0 radical (unpaired) electrons. The van der Waals surface area contributed by atoms with Crippen molar-refractivity contribution in [1.82, 2.24) is 0 Å². The van der Waals surface area contributed by atoms with Crippen molar-refractivity contribution in [2.24, 2.45) is 0 Å². The number of aliphatic hydroxyl groups is 5. The van der Waals surface area contributed by atoms with E-state index in [1.165, 1.54) is 19.1 Å². The molecule has 1 unspecified atom stereocenters. The molecule has 1 fully saturated rings. The smallest absolute Gasteiger partial charge is 0.870 e. The second-order valence-electron chi connectivity index (χ2n) is 5.40. The summed E-state index contributed by atoms with van der Waals surface area (Å²) in [4.78, 5) is 9.15. The van der Waals surface area contributed by atoms with Gasteiger partial charge >= 0.3 is 18.9 Å². The van der Waals surface area contributed by atoms with E-state index >= 15 is 0 Å². The van der Waals surface area contributed by atoms with Crippen LogP contribution in [0.15, 0.2) is 23.1 Å². The maximum absolute atomic E-state index is 10.8. The fourth-order valence-electron chi connectivity index (χ4n) is 2.06. The zero-order valence-electron chi connectivity index (χ0n) is 14.9. The molecule has 1 saturated heterocycles. The molecule has 1 aliphatic heterocycles. The van der Waals surface area contributed by atoms with Crippen LogP contribution in [0.5, 0.6) is 0 Å². The molecular formula is C13H20LiNO12S. The van der Waals surface area contributed by atoms with Gasteiger partial charge < -0.3 is 35.7 Å². The first-order valence-corrected chi connectivity index (χ1v) is 8.55. The Balaban J connectivity index is 0. The zero-order valence-corrected chi connectivity index (χ0v) is 15.7. The molecule has 2 rings (SSSR count). The van der Waals surface area contributed by atoms with Gasteiger partial charge in [-0.25, -0.2) is 0 Å². The van der Waals surface area contributed by atoms with Crippen LogP contribution < -0.4 is 18.9 Å². The van der Waals surface area contributed by atoms with E-state index in [1.54, 1.807) is 0 Å². The predicted octanol–water partition coefficient (Wildman–Crippen LogP) is -5.24. The quantitative estimate of drug-likeness (QED) is 0.116. The molecule has 0 aliphatic carbocycles. The van der Waals surface area contributed by atoms with E-state index in [2.05, 4.69) is 4.74 Å². The molecule has 0 bridgehead atoms. The third-order valence-electron chi connectivity index (χ3n) is 3.53. The largest absolute Gasteiger partial charge is 1.00 e. The van der Waals surface area contributed by atoms with Crippen LogP contribution >= 0.6 is 0 Å². The van der Waals surface area contributed by atoms with Crippen molar-refractivity contribution in [2.45, 2.75) is 42.5 Å². The summed E-state index contributed by atoms with van der Waals surface area (Å²) in [7, 11) is -4.39. The summed E-state index contributed by atoms with van der Waals surface area (Å²) in [6.07, 6.45) is -7.04. The average molecular weight is 421 g/mol. The minimum absolute atomic E-state index is 0. The molecule has 28 heavy (non-hydrogen) atoms. The molecule has 0 saturated carbocycles. The van der Waals surface area contributed by atoms with Gasteiger partial charge in [-0.05, 0) is 12.5 Å². The van der Waals surface area contributed by atoms with Crippen LogP contribution in [0.3, 0.4) is 0 Å². The average Bonchev–Trinajstić information content (AvgIpc) is 2.56. The Morgan fingerprint density at radius 2 is 1.68 bits per heavy atom. The minimum atomic E-state index is -4.39. The van der Waals surface area contributed by atoms with Gasteiger partial charge in [0.1, 0.15) is 29.3 Å². The summed E-state index contributed by atoms with van der Waals surface area (Å²) in [5.74, 6) is 0. The third-order valence-corrected chi connectivity index (χ3v) is 4.52. The number of non-ortho nitro benzene ring substituents is 1. The maximum Gasteiger partial charge on any atom is 1.00 e. The third kappa shape index (κ3) is 7.35. The van der Waals surface area contributed by atoms with Crippen molar-refractivity contribution in [1.29, 1.82) is 0 Å². The number of aryl methyl sites for hydroxylation is 1. The van der Waals surface area contributed by atoms with Gasteiger partial charge in [0.25, 0.3) is 15.8 Å². The number of nitrogens with zero attached hydrogens (tertiary/aromatic N) is 1. The number of hydrogen-bond donors (Lipinski definition) is 6. The molecule has 0 spiro atoms. The fraction of sp³-hybridized carbons (Fsp3) is 0.538. The molecule has 15 heteroatoms. The molecular weight excluding hydrogens is 401 g/mol. The van der Waals surface area contributed by atoms with Crippen LogP contribution in [-0.4, -0.2) is 86.2 Å². The molecule has 1 heterocycles. The van der Waals surface area contributed by atoms with Gasteiger partial charge in [-0.2, -0.15) is 8.42 Å². The van der Waals surface area contributed by atoms with Crippen LogP contribution in [0, 0.1) is 17.0 Å². The number of rotatable bonds is 3. The SMILES string of the molecule is Cc1ccc([N+](=O)[O-])cc1S(=O)(=O)O.OC[C@H]1OC(O)[C@H](O)[C@@H](O)[C@@H]1O.[Li+].[OH-]. The van der Waals surface area contributed by atoms with Crippen molar-refractivity contribution in [3.63, 3.8) is 0 Å². The molecule has 1 aromatic carbocycles. The van der Waals surface area contributed by atoms with Gasteiger partial charge in [0, 0.05) is 12.1 Å². The first-order chi connectivity index (χ1) is 11.9. The van der Waals surface area contributed by atoms with Gasteiger partial charge in [-0.3, -0.25) is 14.7 Å². The van der Waals surface area contributed by atoms with Crippen LogP contribution in [0.2, 0.25) is 0 Å². The van der Waals surface area contributed by atoms with E-state index < -0.39 is 57.2 Å². The summed E-state index contributed by atoms with van der Waals surface area (Å²) >= 11 is 0. The van der Waals surface area contributed by atoms with Crippen molar-refractivity contribution < 1.29 is 72.5 Å². The normalized spacial score (nSPS) is 26.8. The maximum atomic E-state index is 10.8. The minimum Gasteiger partial charge on any atom is -0.870 e. The molecule has 5 atom stereocenters. The predicted molar refractivity (Wildman–Crippen MR) is 85.6 cm³/mol. The van der Waals surface area contributed by atoms with E-state index in [0.29, 0.717) is 0 Å². The first kappa shape index (κ1) is 29.1. The topological polar surface area (TPSA) is 238 Å². The van der Waals surface area contributed by atoms with E-state index in [0.717, 1.165) is 6.07 Å². The summed E-state index contributed by atoms with van der Waals surface area (Å²) in [5, 5.41) is 55.0.